The van der Waals surface area contributed by atoms with Gasteiger partial charge < -0.3 is 0 Å². The monoisotopic (exact) mass is 195 g/mol. The Kier molecular flexibility index (Phi) is 4.11. The Morgan fingerprint density at radius 3 is 2.43 bits per heavy atom. The second-order valence-corrected chi connectivity index (χ2v) is 4.11. The first-order chi connectivity index (χ1) is 6.69. The second-order valence-electron chi connectivity index (χ2n) is 4.11. The first-order valence-electron chi connectivity index (χ1n) is 5.54. The Labute approximate surface area is 86.5 Å². The van der Waals surface area contributed by atoms with Gasteiger partial charge in [0.2, 0.25) is 0 Å². The molecule has 0 fully saturated rings. The third kappa shape index (κ3) is 2.56. The van der Waals surface area contributed by atoms with Crippen LogP contribution < -0.4 is 0 Å². The lowest BCUT2D eigenvalue weighted by molar-refractivity contribution is 0.286. The largest absolute Gasteiger partial charge is 0.249 e. The van der Waals surface area contributed by atoms with Crippen molar-refractivity contribution in [2.45, 2.75) is 47.1 Å². The fourth-order valence-corrected chi connectivity index (χ4v) is 2.00. The topological polar surface area (TPSA) is 30.7 Å². The number of rotatable bonds is 5. The van der Waals surface area contributed by atoms with Crippen molar-refractivity contribution in [2.24, 2.45) is 11.8 Å². The van der Waals surface area contributed by atoms with Crippen molar-refractivity contribution >= 4 is 0 Å². The molecule has 14 heavy (non-hydrogen) atoms. The first kappa shape index (κ1) is 11.2. The third-order valence-corrected chi connectivity index (χ3v) is 3.13. The SMILES string of the molecule is CCC(CC)C(C)Cn1nncc1C. The molecule has 0 aliphatic heterocycles. The van der Waals surface area contributed by atoms with Gasteiger partial charge in [0.05, 0.1) is 11.9 Å². The summed E-state index contributed by atoms with van der Waals surface area (Å²) in [6, 6.07) is 0. The molecule has 0 aliphatic rings. The summed E-state index contributed by atoms with van der Waals surface area (Å²) in [6.07, 6.45) is 4.33. The maximum absolute atomic E-state index is 4.07. The predicted molar refractivity (Wildman–Crippen MR) is 58.0 cm³/mol. The molecule has 1 aromatic heterocycles. The average Bonchev–Trinajstić information content (AvgIpc) is 2.54. The lowest BCUT2D eigenvalue weighted by Gasteiger charge is -2.21. The normalized spacial score (nSPS) is 13.5. The van der Waals surface area contributed by atoms with Gasteiger partial charge in [-0.1, -0.05) is 38.8 Å². The number of aryl methyl sites for hydroxylation is 1. The Bertz CT molecular complexity index is 263. The minimum atomic E-state index is 0.686. The van der Waals surface area contributed by atoms with E-state index in [-0.39, 0.29) is 0 Å². The summed E-state index contributed by atoms with van der Waals surface area (Å²) < 4.78 is 2.00. The van der Waals surface area contributed by atoms with Crippen LogP contribution in [0.5, 0.6) is 0 Å². The molecule has 3 heteroatoms. The van der Waals surface area contributed by atoms with Gasteiger partial charge in [0.1, 0.15) is 0 Å². The molecule has 0 amide bonds. The molecular formula is C11H21N3. The van der Waals surface area contributed by atoms with Crippen molar-refractivity contribution in [3.63, 3.8) is 0 Å². The van der Waals surface area contributed by atoms with Gasteiger partial charge in [0.15, 0.2) is 0 Å². The highest BCUT2D eigenvalue weighted by atomic mass is 15.4. The lowest BCUT2D eigenvalue weighted by Crippen LogP contribution is -2.18. The maximum Gasteiger partial charge on any atom is 0.0722 e. The third-order valence-electron chi connectivity index (χ3n) is 3.13. The minimum Gasteiger partial charge on any atom is -0.249 e. The molecule has 0 radical (unpaired) electrons. The average molecular weight is 195 g/mol. The summed E-state index contributed by atoms with van der Waals surface area (Å²) in [5.74, 6) is 1.49. The Morgan fingerprint density at radius 2 is 2.00 bits per heavy atom. The molecule has 0 spiro atoms. The van der Waals surface area contributed by atoms with Gasteiger partial charge in [-0.05, 0) is 18.8 Å². The Hall–Kier alpha value is -0.860. The van der Waals surface area contributed by atoms with E-state index in [2.05, 4.69) is 38.0 Å². The van der Waals surface area contributed by atoms with Crippen molar-refractivity contribution in [3.8, 4) is 0 Å². The molecule has 1 unspecified atom stereocenters. The van der Waals surface area contributed by atoms with E-state index < -0.39 is 0 Å². The fourth-order valence-electron chi connectivity index (χ4n) is 2.00. The summed E-state index contributed by atoms with van der Waals surface area (Å²) in [5, 5.41) is 7.97. The summed E-state index contributed by atoms with van der Waals surface area (Å²) in [7, 11) is 0. The van der Waals surface area contributed by atoms with Crippen LogP contribution in [0.15, 0.2) is 6.20 Å². The van der Waals surface area contributed by atoms with Gasteiger partial charge in [-0.3, -0.25) is 0 Å². The number of hydrogen-bond donors (Lipinski definition) is 0. The van der Waals surface area contributed by atoms with Crippen molar-refractivity contribution in [1.29, 1.82) is 0 Å². The van der Waals surface area contributed by atoms with Gasteiger partial charge in [-0.2, -0.15) is 0 Å². The standard InChI is InChI=1S/C11H21N3/c1-5-11(6-2)9(3)8-14-10(4)7-12-13-14/h7,9,11H,5-6,8H2,1-4H3. The molecule has 0 bridgehead atoms. The molecular weight excluding hydrogens is 174 g/mol. The van der Waals surface area contributed by atoms with E-state index in [4.69, 9.17) is 0 Å². The predicted octanol–water partition coefficient (Wildman–Crippen LogP) is 2.66. The number of aromatic nitrogens is 3. The van der Waals surface area contributed by atoms with Gasteiger partial charge in [0.25, 0.3) is 0 Å². The fraction of sp³-hybridized carbons (Fsp3) is 0.818. The van der Waals surface area contributed by atoms with Crippen LogP contribution >= 0.6 is 0 Å². The van der Waals surface area contributed by atoms with Crippen LogP contribution in [0.4, 0.5) is 0 Å². The summed E-state index contributed by atoms with van der Waals surface area (Å²) in [5.41, 5.74) is 1.16. The molecule has 1 atom stereocenters. The van der Waals surface area contributed by atoms with E-state index in [1.54, 1.807) is 0 Å². The van der Waals surface area contributed by atoms with E-state index in [0.717, 1.165) is 18.2 Å². The van der Waals surface area contributed by atoms with Crippen molar-refractivity contribution in [2.75, 3.05) is 0 Å². The van der Waals surface area contributed by atoms with Crippen molar-refractivity contribution in [1.82, 2.24) is 15.0 Å². The molecule has 0 N–H and O–H groups in total. The van der Waals surface area contributed by atoms with E-state index >= 15 is 0 Å². The van der Waals surface area contributed by atoms with Crippen LogP contribution in [0.1, 0.15) is 39.3 Å². The summed E-state index contributed by atoms with van der Waals surface area (Å²) >= 11 is 0. The highest BCUT2D eigenvalue weighted by molar-refractivity contribution is 4.88. The zero-order valence-electron chi connectivity index (χ0n) is 9.70. The van der Waals surface area contributed by atoms with Crippen LogP contribution in [-0.4, -0.2) is 15.0 Å². The molecule has 80 valence electrons. The Balaban J connectivity index is 2.56. The van der Waals surface area contributed by atoms with E-state index in [1.807, 2.05) is 10.9 Å². The molecule has 0 saturated heterocycles. The highest BCUT2D eigenvalue weighted by Gasteiger charge is 2.14. The molecule has 0 aliphatic carbocycles. The van der Waals surface area contributed by atoms with Gasteiger partial charge in [-0.15, -0.1) is 5.10 Å². The number of nitrogens with zero attached hydrogens (tertiary/aromatic N) is 3. The second kappa shape index (κ2) is 5.13. The summed E-state index contributed by atoms with van der Waals surface area (Å²) in [6.45, 7) is 9.88. The van der Waals surface area contributed by atoms with Crippen LogP contribution in [0, 0.1) is 18.8 Å². The van der Waals surface area contributed by atoms with Crippen LogP contribution in [-0.2, 0) is 6.54 Å². The van der Waals surface area contributed by atoms with Crippen LogP contribution in [0.2, 0.25) is 0 Å². The van der Waals surface area contributed by atoms with Crippen molar-refractivity contribution < 1.29 is 0 Å². The zero-order chi connectivity index (χ0) is 10.6. The molecule has 0 aromatic carbocycles. The molecule has 3 nitrogen and oxygen atoms in total. The highest BCUT2D eigenvalue weighted by Crippen LogP contribution is 2.20. The maximum atomic E-state index is 4.07. The van der Waals surface area contributed by atoms with E-state index in [1.165, 1.54) is 12.8 Å². The molecule has 1 aromatic rings. The van der Waals surface area contributed by atoms with Gasteiger partial charge in [0, 0.05) is 6.54 Å². The number of hydrogen-bond acceptors (Lipinski definition) is 2. The van der Waals surface area contributed by atoms with Crippen LogP contribution in [0.25, 0.3) is 0 Å². The van der Waals surface area contributed by atoms with Gasteiger partial charge in [-0.25, -0.2) is 4.68 Å². The van der Waals surface area contributed by atoms with E-state index in [0.29, 0.717) is 5.92 Å². The van der Waals surface area contributed by atoms with Crippen LogP contribution in [0.3, 0.4) is 0 Å². The first-order valence-corrected chi connectivity index (χ1v) is 5.54. The summed E-state index contributed by atoms with van der Waals surface area (Å²) in [4.78, 5) is 0. The quantitative estimate of drug-likeness (QED) is 0.723. The zero-order valence-corrected chi connectivity index (χ0v) is 9.70. The molecule has 0 saturated carbocycles. The molecule has 1 rings (SSSR count). The van der Waals surface area contributed by atoms with E-state index in [9.17, 15) is 0 Å². The smallest absolute Gasteiger partial charge is 0.0722 e. The van der Waals surface area contributed by atoms with Crippen molar-refractivity contribution in [3.05, 3.63) is 11.9 Å². The minimum absolute atomic E-state index is 0.686. The Morgan fingerprint density at radius 1 is 1.36 bits per heavy atom. The molecule has 1 heterocycles. The lowest BCUT2D eigenvalue weighted by atomic mass is 9.89. The van der Waals surface area contributed by atoms with Gasteiger partial charge >= 0.3 is 0 Å².